The van der Waals surface area contributed by atoms with Crippen molar-refractivity contribution in [3.05, 3.63) is 50.9 Å². The van der Waals surface area contributed by atoms with E-state index in [0.29, 0.717) is 10.6 Å². The highest BCUT2D eigenvalue weighted by Crippen LogP contribution is 2.21. The molecule has 2 aromatic rings. The summed E-state index contributed by atoms with van der Waals surface area (Å²) >= 11 is 7.39. The van der Waals surface area contributed by atoms with E-state index in [1.54, 1.807) is 24.3 Å². The van der Waals surface area contributed by atoms with Crippen LogP contribution in [0.5, 0.6) is 0 Å². The van der Waals surface area contributed by atoms with Crippen LogP contribution in [0.2, 0.25) is 5.02 Å². The lowest BCUT2D eigenvalue weighted by Gasteiger charge is -2.24. The molecule has 2 N–H and O–H groups in total. The first-order valence-corrected chi connectivity index (χ1v) is 9.86. The number of rotatable bonds is 7. The number of hydrogen-bond donors (Lipinski definition) is 2. The molecule has 0 radical (unpaired) electrons. The van der Waals surface area contributed by atoms with Crippen LogP contribution in [0.4, 0.5) is 0 Å². The largest absolute Gasteiger partial charge is 0.345 e. The van der Waals surface area contributed by atoms with Crippen molar-refractivity contribution >= 4 is 34.8 Å². The Morgan fingerprint density at radius 2 is 1.85 bits per heavy atom. The summed E-state index contributed by atoms with van der Waals surface area (Å²) in [7, 11) is 0. The van der Waals surface area contributed by atoms with E-state index in [2.05, 4.69) is 15.6 Å². The number of amides is 2. The molecule has 2 amide bonds. The van der Waals surface area contributed by atoms with E-state index >= 15 is 0 Å². The molecule has 5 nitrogen and oxygen atoms in total. The summed E-state index contributed by atoms with van der Waals surface area (Å²) in [6.07, 6.45) is 0.731. The minimum absolute atomic E-state index is 0.0539. The Labute approximate surface area is 163 Å². The maximum Gasteiger partial charge on any atom is 0.251 e. The van der Waals surface area contributed by atoms with Gasteiger partial charge >= 0.3 is 0 Å². The molecule has 140 valence electrons. The Morgan fingerprint density at radius 3 is 2.35 bits per heavy atom. The highest BCUT2D eigenvalue weighted by atomic mass is 35.5. The van der Waals surface area contributed by atoms with Crippen LogP contribution in [0, 0.1) is 12.8 Å². The molecule has 0 aliphatic rings. The molecular weight excluding hydrogens is 370 g/mol. The molecule has 0 aliphatic carbocycles. The highest BCUT2D eigenvalue weighted by molar-refractivity contribution is 7.09. The molecule has 0 saturated carbocycles. The second kappa shape index (κ2) is 9.14. The lowest BCUT2D eigenvalue weighted by atomic mass is 10.0. The fourth-order valence-electron chi connectivity index (χ4n) is 2.49. The van der Waals surface area contributed by atoms with Gasteiger partial charge in [0.15, 0.2) is 0 Å². The Hall–Kier alpha value is -1.92. The number of halogens is 1. The summed E-state index contributed by atoms with van der Waals surface area (Å²) in [6, 6.07) is 5.79. The van der Waals surface area contributed by atoms with Crippen molar-refractivity contribution in [2.75, 3.05) is 0 Å². The summed E-state index contributed by atoms with van der Waals surface area (Å²) < 4.78 is 0. The second-order valence-electron chi connectivity index (χ2n) is 6.50. The van der Waals surface area contributed by atoms with Crippen molar-refractivity contribution in [2.24, 2.45) is 5.92 Å². The molecule has 2 unspecified atom stereocenters. The smallest absolute Gasteiger partial charge is 0.251 e. The van der Waals surface area contributed by atoms with Gasteiger partial charge in [-0.25, -0.2) is 4.98 Å². The highest BCUT2D eigenvalue weighted by Gasteiger charge is 2.27. The van der Waals surface area contributed by atoms with Crippen molar-refractivity contribution in [3.63, 3.8) is 0 Å². The first-order valence-electron chi connectivity index (χ1n) is 8.60. The molecule has 7 heteroatoms. The number of carbonyl (C=O) groups is 2. The Morgan fingerprint density at radius 1 is 1.19 bits per heavy atom. The van der Waals surface area contributed by atoms with Crippen molar-refractivity contribution in [3.8, 4) is 0 Å². The third kappa shape index (κ3) is 5.29. The van der Waals surface area contributed by atoms with Crippen molar-refractivity contribution in [2.45, 2.75) is 46.2 Å². The molecule has 2 rings (SSSR count). The van der Waals surface area contributed by atoms with Crippen LogP contribution in [0.15, 0.2) is 29.6 Å². The Bertz CT molecular complexity index is 758. The van der Waals surface area contributed by atoms with E-state index in [-0.39, 0.29) is 23.8 Å². The van der Waals surface area contributed by atoms with E-state index < -0.39 is 6.04 Å². The minimum atomic E-state index is -0.631. The van der Waals surface area contributed by atoms with E-state index in [1.807, 2.05) is 33.1 Å². The Kier molecular flexibility index (Phi) is 7.17. The van der Waals surface area contributed by atoms with Gasteiger partial charge in [0.1, 0.15) is 11.0 Å². The molecule has 1 heterocycles. The zero-order chi connectivity index (χ0) is 19.3. The molecule has 1 aromatic heterocycles. The van der Waals surface area contributed by atoms with Gasteiger partial charge in [-0.1, -0.05) is 32.4 Å². The van der Waals surface area contributed by atoms with Crippen molar-refractivity contribution in [1.29, 1.82) is 0 Å². The SMILES string of the molecule is CCC(NC(=O)C(NC(=O)c1ccc(Cl)cc1)C(C)C)c1nc(C)cs1. The maximum absolute atomic E-state index is 12.8. The summed E-state index contributed by atoms with van der Waals surface area (Å²) in [5.41, 5.74) is 1.41. The number of aromatic nitrogens is 1. The topological polar surface area (TPSA) is 71.1 Å². The molecule has 0 saturated heterocycles. The van der Waals surface area contributed by atoms with Gasteiger partial charge in [-0.05, 0) is 43.5 Å². The van der Waals surface area contributed by atoms with E-state index in [9.17, 15) is 9.59 Å². The van der Waals surface area contributed by atoms with E-state index in [4.69, 9.17) is 11.6 Å². The predicted molar refractivity (Wildman–Crippen MR) is 106 cm³/mol. The third-order valence-corrected chi connectivity index (χ3v) is 5.33. The fraction of sp³-hybridized carbons (Fsp3) is 0.421. The zero-order valence-electron chi connectivity index (χ0n) is 15.4. The number of hydrogen-bond acceptors (Lipinski definition) is 4. The monoisotopic (exact) mass is 393 g/mol. The van der Waals surface area contributed by atoms with Crippen LogP contribution in [0.1, 0.15) is 54.3 Å². The van der Waals surface area contributed by atoms with E-state index in [1.165, 1.54) is 11.3 Å². The van der Waals surface area contributed by atoms with Gasteiger partial charge in [0.2, 0.25) is 5.91 Å². The summed E-state index contributed by atoms with van der Waals surface area (Å²) in [6.45, 7) is 7.73. The quantitative estimate of drug-likeness (QED) is 0.743. The average molecular weight is 394 g/mol. The summed E-state index contributed by atoms with van der Waals surface area (Å²) in [5, 5.41) is 9.25. The van der Waals surface area contributed by atoms with Crippen LogP contribution in [-0.2, 0) is 4.79 Å². The van der Waals surface area contributed by atoms with E-state index in [0.717, 1.165) is 17.1 Å². The fourth-order valence-corrected chi connectivity index (χ4v) is 3.55. The lowest BCUT2D eigenvalue weighted by Crippen LogP contribution is -2.50. The lowest BCUT2D eigenvalue weighted by molar-refractivity contribution is -0.124. The average Bonchev–Trinajstić information content (AvgIpc) is 3.03. The first kappa shape index (κ1) is 20.4. The van der Waals surface area contributed by atoms with Crippen LogP contribution >= 0.6 is 22.9 Å². The number of aryl methyl sites for hydroxylation is 1. The summed E-state index contributed by atoms with van der Waals surface area (Å²) in [5.74, 6) is -0.558. The normalized spacial score (nSPS) is 13.3. The van der Waals surface area contributed by atoms with Gasteiger partial charge in [-0.2, -0.15) is 0 Å². The zero-order valence-corrected chi connectivity index (χ0v) is 16.9. The number of nitrogens with one attached hydrogen (secondary N) is 2. The molecule has 26 heavy (non-hydrogen) atoms. The summed E-state index contributed by atoms with van der Waals surface area (Å²) in [4.78, 5) is 29.7. The molecule has 1 aromatic carbocycles. The number of nitrogens with zero attached hydrogens (tertiary/aromatic N) is 1. The molecule has 0 spiro atoms. The third-order valence-electron chi connectivity index (χ3n) is 4.00. The molecule has 0 aliphatic heterocycles. The Balaban J connectivity index is 2.08. The molecule has 0 fully saturated rings. The molecular formula is C19H24ClN3O2S. The van der Waals surface area contributed by atoms with Gasteiger partial charge in [0.25, 0.3) is 5.91 Å². The van der Waals surface area contributed by atoms with Gasteiger partial charge in [0, 0.05) is 21.7 Å². The van der Waals surface area contributed by atoms with Crippen LogP contribution in [0.25, 0.3) is 0 Å². The number of benzene rings is 1. The standard InChI is InChI=1S/C19H24ClN3O2S/c1-5-15(19-21-12(4)10-26-19)22-18(25)16(11(2)3)23-17(24)13-6-8-14(20)9-7-13/h6-11,15-16H,5H2,1-4H3,(H,22,25)(H,23,24). The van der Waals surface area contributed by atoms with Crippen LogP contribution < -0.4 is 10.6 Å². The molecule has 2 atom stereocenters. The van der Waals surface area contributed by atoms with Gasteiger partial charge in [-0.3, -0.25) is 9.59 Å². The number of thiazole rings is 1. The predicted octanol–water partition coefficient (Wildman–Crippen LogP) is 4.13. The first-order chi connectivity index (χ1) is 12.3. The van der Waals surface area contributed by atoms with Gasteiger partial charge < -0.3 is 10.6 Å². The van der Waals surface area contributed by atoms with Crippen LogP contribution in [-0.4, -0.2) is 22.8 Å². The molecule has 0 bridgehead atoms. The second-order valence-corrected chi connectivity index (χ2v) is 7.82. The van der Waals surface area contributed by atoms with Gasteiger partial charge in [0.05, 0.1) is 6.04 Å². The minimum Gasteiger partial charge on any atom is -0.345 e. The van der Waals surface area contributed by atoms with Crippen LogP contribution in [0.3, 0.4) is 0 Å². The number of carbonyl (C=O) groups excluding carboxylic acids is 2. The van der Waals surface area contributed by atoms with Crippen molar-refractivity contribution < 1.29 is 9.59 Å². The maximum atomic E-state index is 12.8. The van der Waals surface area contributed by atoms with Crippen molar-refractivity contribution in [1.82, 2.24) is 15.6 Å². The van der Waals surface area contributed by atoms with Gasteiger partial charge in [-0.15, -0.1) is 11.3 Å².